The maximum Gasteiger partial charge on any atom is 0.357 e. The number of carboxylic acid groups (broad SMARTS) is 1. The summed E-state index contributed by atoms with van der Waals surface area (Å²) in [5, 5.41) is 14.2. The van der Waals surface area contributed by atoms with Gasteiger partial charge in [-0.3, -0.25) is 9.69 Å². The average Bonchev–Trinajstić information content (AvgIpc) is 3.30. The summed E-state index contributed by atoms with van der Waals surface area (Å²) in [5.41, 5.74) is 0.715. The highest BCUT2D eigenvalue weighted by Gasteiger charge is 2.43. The number of hydrogen-bond donors (Lipinski definition) is 1. The number of carbonyl (C=O) groups is 2. The molecule has 0 spiro atoms. The predicted molar refractivity (Wildman–Crippen MR) is 106 cm³/mol. The molecular formula is C19H18Cl3N3O3. The number of aromatic nitrogens is 2. The Kier molecular flexibility index (Phi) is 5.40. The van der Waals surface area contributed by atoms with Crippen molar-refractivity contribution < 1.29 is 14.7 Å². The Labute approximate surface area is 177 Å². The molecule has 2 atom stereocenters. The van der Waals surface area contributed by atoms with Crippen molar-refractivity contribution in [2.24, 2.45) is 17.8 Å². The van der Waals surface area contributed by atoms with Crippen LogP contribution in [0.3, 0.4) is 0 Å². The van der Waals surface area contributed by atoms with E-state index < -0.39 is 5.97 Å². The molecule has 4 rings (SSSR count). The van der Waals surface area contributed by atoms with Crippen molar-refractivity contribution in [2.75, 3.05) is 13.1 Å². The predicted octanol–water partition coefficient (Wildman–Crippen LogP) is 4.34. The van der Waals surface area contributed by atoms with E-state index in [2.05, 4.69) is 10.00 Å². The molecule has 1 N–H and O–H groups in total. The van der Waals surface area contributed by atoms with Crippen LogP contribution in [0.4, 0.5) is 0 Å². The van der Waals surface area contributed by atoms with Gasteiger partial charge in [0.15, 0.2) is 5.69 Å². The molecule has 0 bridgehead atoms. The quantitative estimate of drug-likeness (QED) is 0.762. The van der Waals surface area contributed by atoms with Gasteiger partial charge >= 0.3 is 5.97 Å². The van der Waals surface area contributed by atoms with Crippen molar-refractivity contribution in [3.8, 4) is 0 Å². The first-order valence-electron chi connectivity index (χ1n) is 9.00. The Morgan fingerprint density at radius 2 is 1.79 bits per heavy atom. The standard InChI is InChI=1S/C19H18Cl3N3O3/c20-14-1-2-15(21)13(5-14)8-24-6-11-3-10(4-12(11)7-24)18(26)25-9-16(22)17(23-25)19(27)28/h1-2,5,9-12H,3-4,6-8H2,(H,27,28). The number of rotatable bonds is 4. The van der Waals surface area contributed by atoms with Gasteiger partial charge in [-0.25, -0.2) is 9.48 Å². The molecule has 1 aliphatic heterocycles. The van der Waals surface area contributed by atoms with Crippen LogP contribution < -0.4 is 0 Å². The van der Waals surface area contributed by atoms with E-state index in [1.54, 1.807) is 6.07 Å². The summed E-state index contributed by atoms with van der Waals surface area (Å²) in [6.07, 6.45) is 2.82. The summed E-state index contributed by atoms with van der Waals surface area (Å²) >= 11 is 18.2. The second-order valence-corrected chi connectivity index (χ2v) is 8.78. The Bertz CT molecular complexity index is 932. The Morgan fingerprint density at radius 1 is 1.11 bits per heavy atom. The van der Waals surface area contributed by atoms with Gasteiger partial charge in [-0.05, 0) is 48.4 Å². The SMILES string of the molecule is O=C(O)c1nn(C(=O)C2CC3CN(Cc4cc(Cl)ccc4Cl)CC3C2)cc1Cl. The topological polar surface area (TPSA) is 75.4 Å². The van der Waals surface area contributed by atoms with Crippen molar-refractivity contribution in [1.82, 2.24) is 14.7 Å². The summed E-state index contributed by atoms with van der Waals surface area (Å²) in [7, 11) is 0. The molecule has 9 heteroatoms. The number of hydrogen-bond acceptors (Lipinski definition) is 4. The van der Waals surface area contributed by atoms with E-state index in [1.807, 2.05) is 12.1 Å². The highest BCUT2D eigenvalue weighted by molar-refractivity contribution is 6.33. The zero-order chi connectivity index (χ0) is 20.0. The lowest BCUT2D eigenvalue weighted by Gasteiger charge is -2.19. The number of carbonyl (C=O) groups excluding carboxylic acids is 1. The molecule has 2 fully saturated rings. The lowest BCUT2D eigenvalue weighted by molar-refractivity contribution is 0.0689. The second-order valence-electron chi connectivity index (χ2n) is 7.53. The molecule has 2 aromatic rings. The van der Waals surface area contributed by atoms with Gasteiger partial charge in [0.2, 0.25) is 5.91 Å². The van der Waals surface area contributed by atoms with E-state index in [-0.39, 0.29) is 22.5 Å². The van der Waals surface area contributed by atoms with Crippen LogP contribution in [0.15, 0.2) is 24.4 Å². The number of fused-ring (bicyclic) bond motifs is 1. The van der Waals surface area contributed by atoms with Crippen LogP contribution in [0.1, 0.15) is 33.7 Å². The van der Waals surface area contributed by atoms with Gasteiger partial charge in [0, 0.05) is 35.6 Å². The molecule has 2 aliphatic rings. The molecule has 0 amide bonds. The van der Waals surface area contributed by atoms with Crippen molar-refractivity contribution in [3.05, 3.63) is 50.7 Å². The first-order chi connectivity index (χ1) is 13.3. The first-order valence-corrected chi connectivity index (χ1v) is 10.1. The maximum atomic E-state index is 12.7. The fraction of sp³-hybridized carbons (Fsp3) is 0.421. The smallest absolute Gasteiger partial charge is 0.357 e. The fourth-order valence-corrected chi connectivity index (χ4v) is 5.01. The summed E-state index contributed by atoms with van der Waals surface area (Å²) in [6.45, 7) is 2.54. The fourth-order valence-electron chi connectivity index (χ4n) is 4.43. The minimum absolute atomic E-state index is 0.0244. The van der Waals surface area contributed by atoms with Crippen LogP contribution >= 0.6 is 34.8 Å². The molecule has 1 saturated carbocycles. The van der Waals surface area contributed by atoms with E-state index in [1.165, 1.54) is 6.20 Å². The Morgan fingerprint density at radius 3 is 2.39 bits per heavy atom. The third-order valence-electron chi connectivity index (χ3n) is 5.68. The van der Waals surface area contributed by atoms with Crippen LogP contribution in [-0.4, -0.2) is 44.8 Å². The molecule has 1 aromatic carbocycles. The van der Waals surface area contributed by atoms with Gasteiger partial charge < -0.3 is 5.11 Å². The maximum absolute atomic E-state index is 12.7. The van der Waals surface area contributed by atoms with E-state index in [0.717, 1.165) is 42.7 Å². The summed E-state index contributed by atoms with van der Waals surface area (Å²) in [4.78, 5) is 26.1. The first kappa shape index (κ1) is 19.7. The van der Waals surface area contributed by atoms with Gasteiger partial charge in [0.25, 0.3) is 0 Å². The lowest BCUT2D eigenvalue weighted by Crippen LogP contribution is -2.25. The number of likely N-dealkylation sites (tertiary alicyclic amines) is 1. The monoisotopic (exact) mass is 441 g/mol. The van der Waals surface area contributed by atoms with Crippen molar-refractivity contribution >= 4 is 46.7 Å². The van der Waals surface area contributed by atoms with Crippen molar-refractivity contribution in [2.45, 2.75) is 19.4 Å². The molecule has 28 heavy (non-hydrogen) atoms. The summed E-state index contributed by atoms with van der Waals surface area (Å²) < 4.78 is 1.08. The number of benzene rings is 1. The minimum atomic E-state index is -1.24. The summed E-state index contributed by atoms with van der Waals surface area (Å²) in [5.74, 6) is -0.735. The van der Waals surface area contributed by atoms with Gasteiger partial charge in [0.05, 0.1) is 11.2 Å². The number of halogens is 3. The Balaban J connectivity index is 1.39. The van der Waals surface area contributed by atoms with Crippen molar-refractivity contribution in [3.63, 3.8) is 0 Å². The largest absolute Gasteiger partial charge is 0.476 e. The highest BCUT2D eigenvalue weighted by Crippen LogP contribution is 2.42. The van der Waals surface area contributed by atoms with Crippen LogP contribution in [0.5, 0.6) is 0 Å². The van der Waals surface area contributed by atoms with Gasteiger partial charge in [-0.15, -0.1) is 0 Å². The van der Waals surface area contributed by atoms with Crippen LogP contribution in [0, 0.1) is 17.8 Å². The average molecular weight is 443 g/mol. The van der Waals surface area contributed by atoms with E-state index in [0.29, 0.717) is 21.9 Å². The lowest BCUT2D eigenvalue weighted by atomic mass is 10.0. The molecule has 0 radical (unpaired) electrons. The molecular weight excluding hydrogens is 425 g/mol. The van der Waals surface area contributed by atoms with Gasteiger partial charge in [-0.2, -0.15) is 5.10 Å². The molecule has 1 aliphatic carbocycles. The zero-order valence-electron chi connectivity index (χ0n) is 14.8. The van der Waals surface area contributed by atoms with Crippen LogP contribution in [0.25, 0.3) is 0 Å². The van der Waals surface area contributed by atoms with E-state index in [9.17, 15) is 9.59 Å². The molecule has 148 valence electrons. The zero-order valence-corrected chi connectivity index (χ0v) is 17.1. The molecule has 1 aromatic heterocycles. The van der Waals surface area contributed by atoms with Gasteiger partial charge in [0.1, 0.15) is 0 Å². The van der Waals surface area contributed by atoms with Crippen LogP contribution in [0.2, 0.25) is 15.1 Å². The minimum Gasteiger partial charge on any atom is -0.476 e. The van der Waals surface area contributed by atoms with Gasteiger partial charge in [-0.1, -0.05) is 34.8 Å². The third kappa shape index (κ3) is 3.79. The highest BCUT2D eigenvalue weighted by atomic mass is 35.5. The summed E-state index contributed by atoms with van der Waals surface area (Å²) in [6, 6.07) is 5.48. The Hall–Kier alpha value is -1.60. The van der Waals surface area contributed by atoms with Crippen LogP contribution in [-0.2, 0) is 6.54 Å². The normalized spacial score (nSPS) is 24.5. The third-order valence-corrected chi connectivity index (χ3v) is 6.56. The number of aromatic carboxylic acids is 1. The number of nitrogens with zero attached hydrogens (tertiary/aromatic N) is 3. The van der Waals surface area contributed by atoms with Crippen molar-refractivity contribution in [1.29, 1.82) is 0 Å². The second kappa shape index (κ2) is 7.67. The molecule has 6 nitrogen and oxygen atoms in total. The molecule has 2 unspecified atom stereocenters. The van der Waals surface area contributed by atoms with E-state index in [4.69, 9.17) is 39.9 Å². The van der Waals surface area contributed by atoms with E-state index >= 15 is 0 Å². The number of carboxylic acids is 1. The molecule has 2 heterocycles. The molecule has 1 saturated heterocycles.